The maximum atomic E-state index is 13.2. The third kappa shape index (κ3) is 6.17. The van der Waals surface area contributed by atoms with E-state index >= 15 is 0 Å². The Morgan fingerprint density at radius 3 is 2.34 bits per heavy atom. The lowest BCUT2D eigenvalue weighted by Gasteiger charge is -2.42. The minimum atomic E-state index is -0.288. The normalized spacial score (nSPS) is 15.9. The van der Waals surface area contributed by atoms with Crippen molar-refractivity contribution in [2.24, 2.45) is 4.99 Å². The Morgan fingerprint density at radius 2 is 1.66 bits per heavy atom. The summed E-state index contributed by atoms with van der Waals surface area (Å²) < 4.78 is 0. The van der Waals surface area contributed by atoms with Crippen molar-refractivity contribution in [2.75, 3.05) is 30.3 Å². The standard InChI is InChI=1S/C25H21Cl3N6O/c26-18-6-9-20(10-7-18)31-25(35)34-13-12-33(15-23(34)17-4-2-1-3-5-17)24(30-16-29)32-22-11-8-19(27)14-21(22)28/h1-11,14,23H,12-13,15H2,(H,30,32)(H,31,35). The molecular weight excluding hydrogens is 507 g/mol. The number of nitrogens with zero attached hydrogens (tertiary/aromatic N) is 4. The molecule has 10 heteroatoms. The van der Waals surface area contributed by atoms with E-state index in [1.807, 2.05) is 41.4 Å². The molecular formula is C25H21Cl3N6O. The number of benzene rings is 3. The van der Waals surface area contributed by atoms with Crippen LogP contribution >= 0.6 is 34.8 Å². The lowest BCUT2D eigenvalue weighted by molar-refractivity contribution is 0.136. The molecule has 1 atom stereocenters. The minimum Gasteiger partial charge on any atom is -0.338 e. The van der Waals surface area contributed by atoms with Gasteiger partial charge < -0.3 is 20.4 Å². The number of carbonyl (C=O) groups excluding carboxylic acids is 1. The molecule has 3 aromatic carbocycles. The summed E-state index contributed by atoms with van der Waals surface area (Å²) in [5.74, 6) is 0.343. The van der Waals surface area contributed by atoms with Crippen molar-refractivity contribution in [2.45, 2.75) is 6.04 Å². The van der Waals surface area contributed by atoms with Crippen LogP contribution in [-0.2, 0) is 0 Å². The largest absolute Gasteiger partial charge is 0.338 e. The zero-order valence-corrected chi connectivity index (χ0v) is 20.7. The molecule has 0 spiro atoms. The first-order chi connectivity index (χ1) is 16.9. The van der Waals surface area contributed by atoms with Crippen molar-refractivity contribution in [1.82, 2.24) is 9.80 Å². The molecule has 1 heterocycles. The molecule has 178 valence electrons. The Labute approximate surface area is 218 Å². The summed E-state index contributed by atoms with van der Waals surface area (Å²) in [4.78, 5) is 20.9. The van der Waals surface area contributed by atoms with Crippen LogP contribution in [0.3, 0.4) is 0 Å². The molecule has 4 rings (SSSR count). The third-order valence-corrected chi connectivity index (χ3v) is 6.35. The summed E-state index contributed by atoms with van der Waals surface area (Å²) in [6.45, 7) is 1.27. The Balaban J connectivity index is 1.57. The number of urea groups is 1. The molecule has 7 nitrogen and oxygen atoms in total. The van der Waals surface area contributed by atoms with Gasteiger partial charge in [-0.05, 0) is 48.0 Å². The number of amides is 2. The van der Waals surface area contributed by atoms with Gasteiger partial charge in [-0.15, -0.1) is 4.99 Å². The van der Waals surface area contributed by atoms with Gasteiger partial charge in [-0.25, -0.2) is 4.79 Å². The van der Waals surface area contributed by atoms with Crippen molar-refractivity contribution in [3.05, 3.63) is 93.4 Å². The number of nitrogens with one attached hydrogen (secondary N) is 2. The Bertz CT molecular complexity index is 1260. The maximum Gasteiger partial charge on any atom is 0.322 e. The first-order valence-corrected chi connectivity index (χ1v) is 11.9. The van der Waals surface area contributed by atoms with Crippen LogP contribution in [0.5, 0.6) is 0 Å². The number of halogens is 3. The summed E-state index contributed by atoms with van der Waals surface area (Å²) in [7, 11) is 0. The molecule has 2 amide bonds. The molecule has 0 bridgehead atoms. The van der Waals surface area contributed by atoms with E-state index in [0.717, 1.165) is 5.56 Å². The second kappa shape index (κ2) is 11.3. The van der Waals surface area contributed by atoms with E-state index in [-0.39, 0.29) is 12.1 Å². The number of nitriles is 1. The van der Waals surface area contributed by atoms with Gasteiger partial charge in [0.2, 0.25) is 12.2 Å². The predicted octanol–water partition coefficient (Wildman–Crippen LogP) is 6.49. The average molecular weight is 528 g/mol. The molecule has 0 saturated carbocycles. The molecule has 1 fully saturated rings. The Kier molecular flexibility index (Phi) is 7.98. The van der Waals surface area contributed by atoms with Crippen LogP contribution in [0, 0.1) is 11.5 Å². The second-order valence-corrected chi connectivity index (χ2v) is 9.07. The van der Waals surface area contributed by atoms with E-state index in [2.05, 4.69) is 15.6 Å². The average Bonchev–Trinajstić information content (AvgIpc) is 2.87. The summed E-state index contributed by atoms with van der Waals surface area (Å²) in [5, 5.41) is 16.9. The lowest BCUT2D eigenvalue weighted by Crippen LogP contribution is -2.54. The number of hydrogen-bond donors (Lipinski definition) is 2. The number of anilines is 2. The fourth-order valence-corrected chi connectivity index (χ4v) is 4.43. The van der Waals surface area contributed by atoms with Gasteiger partial charge >= 0.3 is 6.03 Å². The quantitative estimate of drug-likeness (QED) is 0.232. The third-order valence-electron chi connectivity index (χ3n) is 5.55. The number of piperazine rings is 1. The number of guanidine groups is 1. The number of hydrogen-bond acceptors (Lipinski definition) is 3. The van der Waals surface area contributed by atoms with Gasteiger partial charge in [0.1, 0.15) is 0 Å². The Hall–Kier alpha value is -3.44. The van der Waals surface area contributed by atoms with Crippen molar-refractivity contribution in [3.8, 4) is 6.19 Å². The molecule has 0 aromatic heterocycles. The highest BCUT2D eigenvalue weighted by Crippen LogP contribution is 2.29. The van der Waals surface area contributed by atoms with Gasteiger partial charge in [0.05, 0.1) is 16.8 Å². The van der Waals surface area contributed by atoms with Crippen LogP contribution in [-0.4, -0.2) is 41.4 Å². The summed E-state index contributed by atoms with van der Waals surface area (Å²) in [6, 6.07) is 21.2. The Morgan fingerprint density at radius 1 is 0.943 bits per heavy atom. The van der Waals surface area contributed by atoms with Gasteiger partial charge in [0, 0.05) is 35.4 Å². The number of rotatable bonds is 3. The van der Waals surface area contributed by atoms with Gasteiger partial charge in [-0.1, -0.05) is 65.1 Å². The first-order valence-electron chi connectivity index (χ1n) is 10.8. The molecule has 1 aliphatic rings. The van der Waals surface area contributed by atoms with E-state index in [4.69, 9.17) is 34.8 Å². The summed E-state index contributed by atoms with van der Waals surface area (Å²) in [6.07, 6.45) is 1.85. The molecule has 35 heavy (non-hydrogen) atoms. The molecule has 3 aromatic rings. The highest BCUT2D eigenvalue weighted by molar-refractivity contribution is 6.36. The minimum absolute atomic E-state index is 0.228. The summed E-state index contributed by atoms with van der Waals surface area (Å²) in [5.41, 5.74) is 2.19. The zero-order valence-electron chi connectivity index (χ0n) is 18.5. The first kappa shape index (κ1) is 24.7. The van der Waals surface area contributed by atoms with Crippen LogP contribution in [0.25, 0.3) is 0 Å². The van der Waals surface area contributed by atoms with Gasteiger partial charge in [-0.2, -0.15) is 5.26 Å². The second-order valence-electron chi connectivity index (χ2n) is 7.79. The van der Waals surface area contributed by atoms with E-state index < -0.39 is 0 Å². The van der Waals surface area contributed by atoms with E-state index in [0.29, 0.717) is 52.0 Å². The molecule has 2 N–H and O–H groups in total. The summed E-state index contributed by atoms with van der Waals surface area (Å²) >= 11 is 18.3. The zero-order chi connectivity index (χ0) is 24.8. The molecule has 1 aliphatic heterocycles. The van der Waals surface area contributed by atoms with Crippen molar-refractivity contribution < 1.29 is 4.79 Å². The lowest BCUT2D eigenvalue weighted by atomic mass is 10.0. The molecule has 0 aliphatic carbocycles. The SMILES string of the molecule is N#C/N=C(/Nc1ccc(Cl)cc1Cl)N1CCN(C(=O)Nc2ccc(Cl)cc2)C(c2ccccc2)C1. The van der Waals surface area contributed by atoms with Crippen LogP contribution in [0.4, 0.5) is 16.2 Å². The predicted molar refractivity (Wildman–Crippen MR) is 141 cm³/mol. The smallest absolute Gasteiger partial charge is 0.322 e. The number of carbonyl (C=O) groups is 1. The van der Waals surface area contributed by atoms with Crippen molar-refractivity contribution >= 4 is 58.2 Å². The fraction of sp³-hybridized carbons (Fsp3) is 0.160. The highest BCUT2D eigenvalue weighted by Gasteiger charge is 2.33. The van der Waals surface area contributed by atoms with Gasteiger partial charge in [-0.3, -0.25) is 0 Å². The topological polar surface area (TPSA) is 83.8 Å². The van der Waals surface area contributed by atoms with Gasteiger partial charge in [0.15, 0.2) is 0 Å². The molecule has 0 radical (unpaired) electrons. The van der Waals surface area contributed by atoms with Gasteiger partial charge in [0.25, 0.3) is 0 Å². The van der Waals surface area contributed by atoms with Crippen LogP contribution in [0.15, 0.2) is 77.8 Å². The highest BCUT2D eigenvalue weighted by atomic mass is 35.5. The fourth-order valence-electron chi connectivity index (χ4n) is 3.84. The van der Waals surface area contributed by atoms with E-state index in [1.54, 1.807) is 47.4 Å². The monoisotopic (exact) mass is 526 g/mol. The van der Waals surface area contributed by atoms with Crippen molar-refractivity contribution in [3.63, 3.8) is 0 Å². The molecule has 1 saturated heterocycles. The number of aliphatic imine (C=N–C) groups is 1. The van der Waals surface area contributed by atoms with Crippen LogP contribution < -0.4 is 10.6 Å². The van der Waals surface area contributed by atoms with Crippen LogP contribution in [0.2, 0.25) is 15.1 Å². The molecule has 1 unspecified atom stereocenters. The van der Waals surface area contributed by atoms with E-state index in [9.17, 15) is 10.1 Å². The van der Waals surface area contributed by atoms with E-state index in [1.165, 1.54) is 0 Å². The maximum absolute atomic E-state index is 13.2. The van der Waals surface area contributed by atoms with Crippen molar-refractivity contribution in [1.29, 1.82) is 5.26 Å². The van der Waals surface area contributed by atoms with Crippen LogP contribution in [0.1, 0.15) is 11.6 Å².